The summed E-state index contributed by atoms with van der Waals surface area (Å²) in [6, 6.07) is 11.5. The molecule has 4 aromatic rings. The number of carbonyl (C=O) groups is 3. The first-order valence-corrected chi connectivity index (χ1v) is 14.5. The van der Waals surface area contributed by atoms with E-state index in [2.05, 4.69) is 31.1 Å². The monoisotopic (exact) mass is 617 g/mol. The Morgan fingerprint density at radius 1 is 1.13 bits per heavy atom. The molecule has 15 nitrogen and oxygen atoms in total. The Balaban J connectivity index is 1.34. The number of nitrogens with one attached hydrogen (secondary N) is 2. The van der Waals surface area contributed by atoms with Crippen LogP contribution in [-0.2, 0) is 20.9 Å². The van der Waals surface area contributed by atoms with Crippen LogP contribution in [0.1, 0.15) is 13.8 Å². The van der Waals surface area contributed by atoms with Crippen LogP contribution in [-0.4, -0.2) is 98.4 Å². The standard InChI is InChI=1S/C30H35N9O6/c1-20(2)28-30(42)32-11-13-37-12-10-31-29(37)21-4-9-24(43-3)25(16-21)44-15-14-38(17-26(40)34-28)27(41)18-45-23-7-5-22(6-8-23)39-19-33-35-36-39/h4-10,12,16,19-20,28H,11,13-15,17-18H2,1-3H3,(H,32,42)(H,34,40)/t28-/m1/s1. The molecule has 5 rings (SSSR count). The fourth-order valence-corrected chi connectivity index (χ4v) is 4.78. The summed E-state index contributed by atoms with van der Waals surface area (Å²) >= 11 is 0. The fraction of sp³-hybridized carbons (Fsp3) is 0.367. The molecule has 1 aliphatic rings. The molecule has 3 amide bonds. The minimum Gasteiger partial charge on any atom is -0.493 e. The molecule has 2 bridgehead atoms. The van der Waals surface area contributed by atoms with Crippen molar-refractivity contribution < 1.29 is 28.6 Å². The average Bonchev–Trinajstić information content (AvgIpc) is 3.75. The molecule has 15 heteroatoms. The van der Waals surface area contributed by atoms with Gasteiger partial charge in [0, 0.05) is 31.0 Å². The molecule has 2 aromatic heterocycles. The number of benzene rings is 2. The molecule has 0 saturated carbocycles. The molecule has 2 N–H and O–H groups in total. The van der Waals surface area contributed by atoms with Crippen LogP contribution in [0.25, 0.3) is 17.1 Å². The smallest absolute Gasteiger partial charge is 0.261 e. The number of hydrogen-bond acceptors (Lipinski definition) is 10. The van der Waals surface area contributed by atoms with Gasteiger partial charge in [0.1, 0.15) is 30.5 Å². The van der Waals surface area contributed by atoms with Crippen LogP contribution in [0, 0.1) is 5.92 Å². The molecule has 1 aliphatic heterocycles. The largest absolute Gasteiger partial charge is 0.493 e. The third kappa shape index (κ3) is 7.74. The predicted octanol–water partition coefficient (Wildman–Crippen LogP) is 1.09. The fourth-order valence-electron chi connectivity index (χ4n) is 4.78. The van der Waals surface area contributed by atoms with Crippen molar-refractivity contribution in [3.8, 4) is 34.3 Å². The number of ether oxygens (including phenoxy) is 3. The average molecular weight is 618 g/mol. The highest BCUT2D eigenvalue weighted by atomic mass is 16.5. The number of hydrogen-bond donors (Lipinski definition) is 2. The Hall–Kier alpha value is -5.47. The van der Waals surface area contributed by atoms with Gasteiger partial charge in [-0.15, -0.1) is 5.10 Å². The van der Waals surface area contributed by atoms with E-state index < -0.39 is 17.9 Å². The molecule has 0 radical (unpaired) electrons. The van der Waals surface area contributed by atoms with E-state index in [1.54, 1.807) is 43.6 Å². The third-order valence-corrected chi connectivity index (χ3v) is 7.17. The number of tetrazole rings is 1. The molecule has 1 atom stereocenters. The molecule has 0 aliphatic carbocycles. The zero-order valence-electron chi connectivity index (χ0n) is 25.3. The van der Waals surface area contributed by atoms with Gasteiger partial charge in [0.2, 0.25) is 11.8 Å². The molecule has 0 spiro atoms. The normalized spacial score (nSPS) is 16.2. The lowest BCUT2D eigenvalue weighted by Crippen LogP contribution is -2.53. The lowest BCUT2D eigenvalue weighted by atomic mass is 10.0. The Morgan fingerprint density at radius 2 is 1.96 bits per heavy atom. The summed E-state index contributed by atoms with van der Waals surface area (Å²) in [5.41, 5.74) is 1.51. The van der Waals surface area contributed by atoms with Crippen LogP contribution in [0.15, 0.2) is 61.2 Å². The number of fused-ring (bicyclic) bond motifs is 4. The maximum absolute atomic E-state index is 13.4. The summed E-state index contributed by atoms with van der Waals surface area (Å²) in [5.74, 6) is 0.668. The molecule has 236 valence electrons. The molecule has 0 unspecified atom stereocenters. The van der Waals surface area contributed by atoms with E-state index in [1.807, 2.05) is 36.7 Å². The molecule has 3 heterocycles. The summed E-state index contributed by atoms with van der Waals surface area (Å²) in [6.07, 6.45) is 4.98. The first-order valence-electron chi connectivity index (χ1n) is 14.5. The zero-order valence-corrected chi connectivity index (χ0v) is 25.3. The number of aromatic nitrogens is 6. The summed E-state index contributed by atoms with van der Waals surface area (Å²) in [6.45, 7) is 3.97. The first kappa shape index (κ1) is 31.0. The van der Waals surface area contributed by atoms with Crippen LogP contribution < -0.4 is 24.8 Å². The number of nitrogens with zero attached hydrogens (tertiary/aromatic N) is 7. The van der Waals surface area contributed by atoms with E-state index in [0.29, 0.717) is 36.2 Å². The summed E-state index contributed by atoms with van der Waals surface area (Å²) in [5, 5.41) is 16.8. The van der Waals surface area contributed by atoms with Gasteiger partial charge in [-0.2, -0.15) is 0 Å². The van der Waals surface area contributed by atoms with Gasteiger partial charge in [-0.25, -0.2) is 9.67 Å². The maximum atomic E-state index is 13.4. The molecule has 0 saturated heterocycles. The maximum Gasteiger partial charge on any atom is 0.261 e. The van der Waals surface area contributed by atoms with E-state index in [1.165, 1.54) is 15.9 Å². The molecular weight excluding hydrogens is 582 g/mol. The van der Waals surface area contributed by atoms with Gasteiger partial charge in [0.25, 0.3) is 5.91 Å². The highest BCUT2D eigenvalue weighted by molar-refractivity contribution is 5.90. The van der Waals surface area contributed by atoms with Gasteiger partial charge in [-0.1, -0.05) is 13.8 Å². The highest BCUT2D eigenvalue weighted by Gasteiger charge is 2.26. The highest BCUT2D eigenvalue weighted by Crippen LogP contribution is 2.32. The Morgan fingerprint density at radius 3 is 2.69 bits per heavy atom. The van der Waals surface area contributed by atoms with Crippen LogP contribution >= 0.6 is 0 Å². The molecular formula is C30H35N9O6. The predicted molar refractivity (Wildman–Crippen MR) is 161 cm³/mol. The molecule has 0 fully saturated rings. The minimum atomic E-state index is -0.794. The number of methoxy groups -OCH3 is 1. The summed E-state index contributed by atoms with van der Waals surface area (Å²) in [7, 11) is 1.54. The van der Waals surface area contributed by atoms with Crippen LogP contribution in [0.5, 0.6) is 17.2 Å². The lowest BCUT2D eigenvalue weighted by Gasteiger charge is -2.26. The quantitative estimate of drug-likeness (QED) is 0.320. The lowest BCUT2D eigenvalue weighted by molar-refractivity contribution is -0.139. The van der Waals surface area contributed by atoms with Crippen molar-refractivity contribution in [2.45, 2.75) is 26.4 Å². The van der Waals surface area contributed by atoms with E-state index >= 15 is 0 Å². The van der Waals surface area contributed by atoms with Gasteiger partial charge < -0.3 is 34.3 Å². The SMILES string of the molecule is COc1ccc2cc1OCCN(C(=O)COc1ccc(-n3cnnn3)cc1)CC(=O)N[C@H](C(C)C)C(=O)NCCn1ccnc1-2. The van der Waals surface area contributed by atoms with Gasteiger partial charge in [0.15, 0.2) is 18.1 Å². The Bertz CT molecular complexity index is 1600. The van der Waals surface area contributed by atoms with Crippen molar-refractivity contribution in [1.82, 2.24) is 45.3 Å². The Kier molecular flexibility index (Phi) is 9.87. The Labute approximate surface area is 259 Å². The van der Waals surface area contributed by atoms with Gasteiger partial charge in [-0.3, -0.25) is 14.4 Å². The van der Waals surface area contributed by atoms with Crippen LogP contribution in [0.3, 0.4) is 0 Å². The van der Waals surface area contributed by atoms with Crippen LogP contribution in [0.2, 0.25) is 0 Å². The summed E-state index contributed by atoms with van der Waals surface area (Å²) in [4.78, 5) is 45.5. The summed E-state index contributed by atoms with van der Waals surface area (Å²) < 4.78 is 20.7. The number of rotatable bonds is 6. The van der Waals surface area contributed by atoms with Gasteiger partial charge >= 0.3 is 0 Å². The van der Waals surface area contributed by atoms with Crippen molar-refractivity contribution in [3.63, 3.8) is 0 Å². The number of carbonyl (C=O) groups excluding carboxylic acids is 3. The van der Waals surface area contributed by atoms with E-state index in [4.69, 9.17) is 14.2 Å². The minimum absolute atomic E-state index is 0.0575. The van der Waals surface area contributed by atoms with Gasteiger partial charge in [0.05, 0.1) is 25.9 Å². The van der Waals surface area contributed by atoms with E-state index in [0.717, 1.165) is 11.3 Å². The van der Waals surface area contributed by atoms with Gasteiger partial charge in [-0.05, 0) is 58.8 Å². The zero-order chi connectivity index (χ0) is 31.8. The molecule has 2 aromatic carbocycles. The second-order valence-electron chi connectivity index (χ2n) is 10.6. The second-order valence-corrected chi connectivity index (χ2v) is 10.6. The van der Waals surface area contributed by atoms with Crippen molar-refractivity contribution in [3.05, 3.63) is 61.2 Å². The first-order chi connectivity index (χ1) is 21.8. The molecule has 45 heavy (non-hydrogen) atoms. The third-order valence-electron chi connectivity index (χ3n) is 7.17. The second kappa shape index (κ2) is 14.3. The van der Waals surface area contributed by atoms with E-state index in [9.17, 15) is 14.4 Å². The van der Waals surface area contributed by atoms with E-state index in [-0.39, 0.29) is 38.1 Å². The van der Waals surface area contributed by atoms with Crippen molar-refractivity contribution in [2.24, 2.45) is 5.92 Å². The van der Waals surface area contributed by atoms with Crippen molar-refractivity contribution in [1.29, 1.82) is 0 Å². The van der Waals surface area contributed by atoms with Crippen molar-refractivity contribution >= 4 is 17.7 Å². The number of amides is 3. The topological polar surface area (TPSA) is 168 Å². The van der Waals surface area contributed by atoms with Crippen molar-refractivity contribution in [2.75, 3.05) is 40.0 Å². The number of imidazole rings is 1. The van der Waals surface area contributed by atoms with Crippen LogP contribution in [0.4, 0.5) is 0 Å².